The van der Waals surface area contributed by atoms with Crippen LogP contribution < -0.4 is 9.47 Å². The Hall–Kier alpha value is -2.65. The van der Waals surface area contributed by atoms with E-state index in [1.807, 2.05) is 30.0 Å². The fourth-order valence-corrected chi connectivity index (χ4v) is 4.30. The van der Waals surface area contributed by atoms with Gasteiger partial charge in [-0.2, -0.15) is 0 Å². The molecule has 2 amide bonds. The van der Waals surface area contributed by atoms with Crippen LogP contribution in [0.1, 0.15) is 15.4 Å². The maximum absolute atomic E-state index is 13.1. The van der Waals surface area contributed by atoms with Crippen molar-refractivity contribution in [3.8, 4) is 22.1 Å². The highest BCUT2D eigenvalue weighted by Crippen LogP contribution is 2.35. The first-order valence-electron chi connectivity index (χ1n) is 9.75. The SMILES string of the molecule is COc1ccc(-c2nc(C)c(C(=O)N3CCN(CC(=O)N(C)C)CC3)s2)cc1OC. The lowest BCUT2D eigenvalue weighted by Gasteiger charge is -2.34. The number of hydrogen-bond donors (Lipinski definition) is 0. The first kappa shape index (κ1) is 22.0. The number of hydrogen-bond acceptors (Lipinski definition) is 7. The van der Waals surface area contributed by atoms with Gasteiger partial charge in [0.15, 0.2) is 11.5 Å². The van der Waals surface area contributed by atoms with Gasteiger partial charge in [-0.25, -0.2) is 4.98 Å². The van der Waals surface area contributed by atoms with Crippen molar-refractivity contribution in [2.75, 3.05) is 61.0 Å². The number of aryl methyl sites for hydroxylation is 1. The van der Waals surface area contributed by atoms with E-state index in [9.17, 15) is 9.59 Å². The van der Waals surface area contributed by atoms with Crippen LogP contribution in [0.4, 0.5) is 0 Å². The average Bonchev–Trinajstić information content (AvgIpc) is 3.14. The molecule has 1 aromatic carbocycles. The molecule has 1 fully saturated rings. The molecular weight excluding hydrogens is 404 g/mol. The topological polar surface area (TPSA) is 75.2 Å². The molecule has 1 aliphatic rings. The van der Waals surface area contributed by atoms with Gasteiger partial charge in [0.2, 0.25) is 5.91 Å². The smallest absolute Gasteiger partial charge is 0.265 e. The number of benzene rings is 1. The maximum Gasteiger partial charge on any atom is 0.265 e. The van der Waals surface area contributed by atoms with Crippen molar-refractivity contribution < 1.29 is 19.1 Å². The second-order valence-electron chi connectivity index (χ2n) is 7.36. The quantitative estimate of drug-likeness (QED) is 0.695. The highest BCUT2D eigenvalue weighted by Gasteiger charge is 2.26. The van der Waals surface area contributed by atoms with E-state index in [1.54, 1.807) is 33.2 Å². The van der Waals surface area contributed by atoms with E-state index < -0.39 is 0 Å². The third-order valence-corrected chi connectivity index (χ3v) is 6.33. The fourth-order valence-electron chi connectivity index (χ4n) is 3.27. The number of nitrogens with zero attached hydrogens (tertiary/aromatic N) is 4. The number of ether oxygens (including phenoxy) is 2. The number of aromatic nitrogens is 1. The van der Waals surface area contributed by atoms with Crippen molar-refractivity contribution in [2.24, 2.45) is 0 Å². The molecule has 9 heteroatoms. The highest BCUT2D eigenvalue weighted by atomic mass is 32.1. The summed E-state index contributed by atoms with van der Waals surface area (Å²) in [5.41, 5.74) is 1.60. The molecule has 8 nitrogen and oxygen atoms in total. The summed E-state index contributed by atoms with van der Waals surface area (Å²) in [5, 5.41) is 0.770. The molecule has 0 spiro atoms. The second kappa shape index (κ2) is 9.44. The second-order valence-corrected chi connectivity index (χ2v) is 8.36. The molecule has 0 N–H and O–H groups in total. The molecular formula is C21H28N4O4S. The summed E-state index contributed by atoms with van der Waals surface area (Å²) >= 11 is 1.39. The summed E-state index contributed by atoms with van der Waals surface area (Å²) in [5.74, 6) is 1.35. The van der Waals surface area contributed by atoms with Crippen LogP contribution in [0.25, 0.3) is 10.6 Å². The van der Waals surface area contributed by atoms with Crippen LogP contribution >= 0.6 is 11.3 Å². The summed E-state index contributed by atoms with van der Waals surface area (Å²) in [7, 11) is 6.70. The molecule has 30 heavy (non-hydrogen) atoms. The zero-order valence-electron chi connectivity index (χ0n) is 18.1. The number of piperazine rings is 1. The Balaban J connectivity index is 1.70. The zero-order chi connectivity index (χ0) is 21.8. The van der Waals surface area contributed by atoms with E-state index in [1.165, 1.54) is 11.3 Å². The lowest BCUT2D eigenvalue weighted by molar-refractivity contribution is -0.130. The van der Waals surface area contributed by atoms with Crippen molar-refractivity contribution in [3.05, 3.63) is 28.8 Å². The minimum Gasteiger partial charge on any atom is -0.493 e. The standard InChI is InChI=1S/C21H28N4O4S/c1-14-19(21(27)25-10-8-24(9-11-25)13-18(26)23(2)3)30-20(22-14)15-6-7-16(28-4)17(12-15)29-5/h6-7,12H,8-11,13H2,1-5H3. The van der Waals surface area contributed by atoms with Crippen molar-refractivity contribution in [3.63, 3.8) is 0 Å². The van der Waals surface area contributed by atoms with E-state index >= 15 is 0 Å². The summed E-state index contributed by atoms with van der Waals surface area (Å²) in [4.78, 5) is 35.8. The number of methoxy groups -OCH3 is 2. The normalized spacial score (nSPS) is 14.5. The van der Waals surface area contributed by atoms with Crippen molar-refractivity contribution in [1.29, 1.82) is 0 Å². The summed E-state index contributed by atoms with van der Waals surface area (Å²) in [6, 6.07) is 5.61. The molecule has 0 radical (unpaired) electrons. The molecule has 0 saturated carbocycles. The van der Waals surface area contributed by atoms with Gasteiger partial charge < -0.3 is 19.3 Å². The van der Waals surface area contributed by atoms with Gasteiger partial charge in [0.25, 0.3) is 5.91 Å². The lowest BCUT2D eigenvalue weighted by atomic mass is 10.2. The van der Waals surface area contributed by atoms with Gasteiger partial charge in [0, 0.05) is 45.8 Å². The van der Waals surface area contributed by atoms with Crippen LogP contribution in [-0.4, -0.2) is 92.5 Å². The summed E-state index contributed by atoms with van der Waals surface area (Å²) in [6.07, 6.45) is 0. The maximum atomic E-state index is 13.1. The Labute approximate surface area is 181 Å². The van der Waals surface area contributed by atoms with Gasteiger partial charge in [-0.3, -0.25) is 14.5 Å². The third kappa shape index (κ3) is 4.73. The predicted molar refractivity (Wildman–Crippen MR) is 116 cm³/mol. The van der Waals surface area contributed by atoms with Crippen LogP contribution in [0.3, 0.4) is 0 Å². The van der Waals surface area contributed by atoms with Crippen LogP contribution in [0.15, 0.2) is 18.2 Å². The molecule has 1 aromatic heterocycles. The highest BCUT2D eigenvalue weighted by molar-refractivity contribution is 7.17. The van der Waals surface area contributed by atoms with Crippen LogP contribution in [0.5, 0.6) is 11.5 Å². The molecule has 0 aliphatic carbocycles. The minimum absolute atomic E-state index is 0.00434. The van der Waals surface area contributed by atoms with Crippen LogP contribution in [0, 0.1) is 6.92 Å². The summed E-state index contributed by atoms with van der Waals surface area (Å²) < 4.78 is 10.7. The van der Waals surface area contributed by atoms with Gasteiger partial charge >= 0.3 is 0 Å². The number of carbonyl (C=O) groups is 2. The Kier molecular flexibility index (Phi) is 6.94. The Morgan fingerprint density at radius 3 is 2.37 bits per heavy atom. The van der Waals surface area contributed by atoms with E-state index in [0.29, 0.717) is 49.1 Å². The Morgan fingerprint density at radius 2 is 1.77 bits per heavy atom. The monoisotopic (exact) mass is 432 g/mol. The molecule has 0 atom stereocenters. The molecule has 1 saturated heterocycles. The molecule has 3 rings (SSSR count). The van der Waals surface area contributed by atoms with Crippen LogP contribution in [0.2, 0.25) is 0 Å². The van der Waals surface area contributed by atoms with Gasteiger partial charge in [-0.15, -0.1) is 11.3 Å². The molecule has 1 aliphatic heterocycles. The fraction of sp³-hybridized carbons (Fsp3) is 0.476. The first-order valence-corrected chi connectivity index (χ1v) is 10.6. The van der Waals surface area contributed by atoms with Gasteiger partial charge in [0.1, 0.15) is 9.88 Å². The van der Waals surface area contributed by atoms with Crippen molar-refractivity contribution in [2.45, 2.75) is 6.92 Å². The van der Waals surface area contributed by atoms with E-state index in [2.05, 4.69) is 9.88 Å². The number of thiazole rings is 1. The number of carbonyl (C=O) groups excluding carboxylic acids is 2. The minimum atomic E-state index is -0.00434. The number of rotatable bonds is 6. The van der Waals surface area contributed by atoms with E-state index in [-0.39, 0.29) is 11.8 Å². The molecule has 0 unspecified atom stereocenters. The molecule has 0 bridgehead atoms. The Bertz CT molecular complexity index is 920. The lowest BCUT2D eigenvalue weighted by Crippen LogP contribution is -2.51. The number of likely N-dealkylation sites (N-methyl/N-ethyl adjacent to an activating group) is 1. The van der Waals surface area contributed by atoms with E-state index in [4.69, 9.17) is 9.47 Å². The van der Waals surface area contributed by atoms with Gasteiger partial charge in [0.05, 0.1) is 26.5 Å². The van der Waals surface area contributed by atoms with Crippen molar-refractivity contribution >= 4 is 23.2 Å². The largest absolute Gasteiger partial charge is 0.493 e. The molecule has 162 valence electrons. The molecule has 2 heterocycles. The van der Waals surface area contributed by atoms with E-state index in [0.717, 1.165) is 16.3 Å². The van der Waals surface area contributed by atoms with Crippen molar-refractivity contribution in [1.82, 2.24) is 19.7 Å². The Morgan fingerprint density at radius 1 is 1.10 bits per heavy atom. The predicted octanol–water partition coefficient (Wildman–Crippen LogP) is 1.98. The van der Waals surface area contributed by atoms with Crippen LogP contribution in [-0.2, 0) is 4.79 Å². The third-order valence-electron chi connectivity index (χ3n) is 5.14. The van der Waals surface area contributed by atoms with Gasteiger partial charge in [-0.1, -0.05) is 0 Å². The average molecular weight is 433 g/mol. The zero-order valence-corrected chi connectivity index (χ0v) is 18.9. The van der Waals surface area contributed by atoms with Gasteiger partial charge in [-0.05, 0) is 25.1 Å². The number of amides is 2. The summed E-state index contributed by atoms with van der Waals surface area (Å²) in [6.45, 7) is 4.82. The molecule has 2 aromatic rings. The first-order chi connectivity index (χ1) is 14.3.